The average molecular weight is 438 g/mol. The minimum Gasteiger partial charge on any atom is -0.337 e. The van der Waals surface area contributed by atoms with Gasteiger partial charge in [-0.3, -0.25) is 0 Å². The van der Waals surface area contributed by atoms with Crippen molar-refractivity contribution in [3.05, 3.63) is 107 Å². The Labute approximate surface area is 179 Å². The Balaban J connectivity index is 1.33. The van der Waals surface area contributed by atoms with E-state index in [9.17, 15) is 0 Å². The molecule has 6 rings (SSSR count). The SMILES string of the molecule is Brc1ccc2c(c1)CC1Cc3cc(-c4ccc(-c5ccccc5)cc4)ccc3N21. The van der Waals surface area contributed by atoms with E-state index in [2.05, 4.69) is 112 Å². The molecule has 2 heteroatoms. The third-order valence-corrected chi connectivity index (χ3v) is 6.73. The zero-order chi connectivity index (χ0) is 19.4. The summed E-state index contributed by atoms with van der Waals surface area (Å²) in [5.41, 5.74) is 10.8. The Hall–Kier alpha value is -2.84. The second-order valence-electron chi connectivity index (χ2n) is 7.99. The molecule has 0 spiro atoms. The fourth-order valence-corrected chi connectivity index (χ4v) is 5.30. The smallest absolute Gasteiger partial charge is 0.0447 e. The van der Waals surface area contributed by atoms with Crippen LogP contribution in [0.1, 0.15) is 11.1 Å². The lowest BCUT2D eigenvalue weighted by molar-refractivity contribution is 0.725. The number of halogens is 1. The van der Waals surface area contributed by atoms with Crippen LogP contribution in [0.4, 0.5) is 11.4 Å². The van der Waals surface area contributed by atoms with Crippen molar-refractivity contribution in [1.29, 1.82) is 0 Å². The molecule has 0 bridgehead atoms. The molecule has 0 aliphatic carbocycles. The predicted molar refractivity (Wildman–Crippen MR) is 125 cm³/mol. The van der Waals surface area contributed by atoms with Crippen LogP contribution in [0.2, 0.25) is 0 Å². The van der Waals surface area contributed by atoms with Gasteiger partial charge in [0.2, 0.25) is 0 Å². The Morgan fingerprint density at radius 3 is 1.86 bits per heavy atom. The Kier molecular flexibility index (Phi) is 3.88. The number of anilines is 2. The van der Waals surface area contributed by atoms with E-state index in [-0.39, 0.29) is 0 Å². The molecule has 0 fully saturated rings. The van der Waals surface area contributed by atoms with E-state index < -0.39 is 0 Å². The van der Waals surface area contributed by atoms with Crippen LogP contribution in [0, 0.1) is 0 Å². The van der Waals surface area contributed by atoms with Gasteiger partial charge in [-0.25, -0.2) is 0 Å². The fraction of sp³-hybridized carbons (Fsp3) is 0.111. The van der Waals surface area contributed by atoms with Crippen LogP contribution in [0.25, 0.3) is 22.3 Å². The highest BCUT2D eigenvalue weighted by Gasteiger charge is 2.37. The van der Waals surface area contributed by atoms with Crippen LogP contribution in [0.5, 0.6) is 0 Å². The second kappa shape index (κ2) is 6.60. The standard InChI is InChI=1S/C27H20BrN/c28-24-11-13-27-23(15-24)17-25-16-22-14-21(10-12-26(22)29(25)27)20-8-6-19(7-9-20)18-4-2-1-3-5-18/h1-15,25H,16-17H2. The summed E-state index contributed by atoms with van der Waals surface area (Å²) in [6.07, 6.45) is 2.25. The van der Waals surface area contributed by atoms with Crippen molar-refractivity contribution in [2.24, 2.45) is 0 Å². The van der Waals surface area contributed by atoms with Crippen LogP contribution in [0.15, 0.2) is 95.5 Å². The van der Waals surface area contributed by atoms with Crippen LogP contribution in [0.3, 0.4) is 0 Å². The van der Waals surface area contributed by atoms with Crippen molar-refractivity contribution >= 4 is 27.3 Å². The van der Waals surface area contributed by atoms with E-state index in [4.69, 9.17) is 0 Å². The van der Waals surface area contributed by atoms with Crippen molar-refractivity contribution in [2.75, 3.05) is 4.90 Å². The largest absolute Gasteiger partial charge is 0.337 e. The number of hydrogen-bond donors (Lipinski definition) is 0. The quantitative estimate of drug-likeness (QED) is 0.315. The summed E-state index contributed by atoms with van der Waals surface area (Å²) >= 11 is 3.61. The van der Waals surface area contributed by atoms with E-state index in [1.54, 1.807) is 0 Å². The monoisotopic (exact) mass is 437 g/mol. The van der Waals surface area contributed by atoms with Gasteiger partial charge in [-0.2, -0.15) is 0 Å². The summed E-state index contributed by atoms with van der Waals surface area (Å²) in [7, 11) is 0. The van der Waals surface area contributed by atoms with Crippen molar-refractivity contribution in [3.63, 3.8) is 0 Å². The van der Waals surface area contributed by atoms with Gasteiger partial charge in [0.25, 0.3) is 0 Å². The Bertz CT molecular complexity index is 1210. The molecular weight excluding hydrogens is 418 g/mol. The highest BCUT2D eigenvalue weighted by atomic mass is 79.9. The fourth-order valence-electron chi connectivity index (χ4n) is 4.89. The van der Waals surface area contributed by atoms with Crippen molar-refractivity contribution in [1.82, 2.24) is 0 Å². The van der Waals surface area contributed by atoms with Crippen molar-refractivity contribution in [2.45, 2.75) is 18.9 Å². The summed E-state index contributed by atoms with van der Waals surface area (Å²) in [5.74, 6) is 0. The molecule has 0 radical (unpaired) electrons. The number of benzene rings is 4. The van der Waals surface area contributed by atoms with Crippen LogP contribution >= 0.6 is 15.9 Å². The first-order valence-corrected chi connectivity index (χ1v) is 10.9. The number of hydrogen-bond acceptors (Lipinski definition) is 1. The molecule has 1 atom stereocenters. The first-order chi connectivity index (χ1) is 14.3. The van der Waals surface area contributed by atoms with Crippen LogP contribution in [-0.4, -0.2) is 6.04 Å². The van der Waals surface area contributed by atoms with Crippen LogP contribution < -0.4 is 4.90 Å². The van der Waals surface area contributed by atoms with E-state index in [0.29, 0.717) is 6.04 Å². The molecule has 1 unspecified atom stereocenters. The molecular formula is C27H20BrN. The number of rotatable bonds is 2. The van der Waals surface area contributed by atoms with Crippen molar-refractivity contribution < 1.29 is 0 Å². The summed E-state index contributed by atoms with van der Waals surface area (Å²) in [4.78, 5) is 2.54. The molecule has 0 aromatic heterocycles. The molecule has 0 N–H and O–H groups in total. The van der Waals surface area contributed by atoms with E-state index in [0.717, 1.165) is 12.8 Å². The van der Waals surface area contributed by atoms with E-state index in [1.807, 2.05) is 0 Å². The van der Waals surface area contributed by atoms with Gasteiger partial charge >= 0.3 is 0 Å². The average Bonchev–Trinajstić information content (AvgIpc) is 3.29. The molecule has 140 valence electrons. The minimum atomic E-state index is 0.560. The lowest BCUT2D eigenvalue weighted by Crippen LogP contribution is -2.22. The zero-order valence-electron chi connectivity index (χ0n) is 16.0. The summed E-state index contributed by atoms with van der Waals surface area (Å²) in [5, 5.41) is 0. The zero-order valence-corrected chi connectivity index (χ0v) is 17.6. The van der Waals surface area contributed by atoms with Gasteiger partial charge in [0, 0.05) is 21.9 Å². The van der Waals surface area contributed by atoms with Gasteiger partial charge in [-0.1, -0.05) is 76.6 Å². The molecule has 1 nitrogen and oxygen atoms in total. The molecule has 29 heavy (non-hydrogen) atoms. The molecule has 0 saturated heterocycles. The highest BCUT2D eigenvalue weighted by Crippen LogP contribution is 2.47. The molecule has 0 saturated carbocycles. The van der Waals surface area contributed by atoms with Gasteiger partial charge in [0.1, 0.15) is 0 Å². The lowest BCUT2D eigenvalue weighted by atomic mass is 9.97. The van der Waals surface area contributed by atoms with E-state index in [1.165, 1.54) is 49.2 Å². The van der Waals surface area contributed by atoms with Gasteiger partial charge < -0.3 is 4.90 Å². The number of fused-ring (bicyclic) bond motifs is 5. The van der Waals surface area contributed by atoms with Gasteiger partial charge in [0.15, 0.2) is 0 Å². The molecule has 2 aliphatic heterocycles. The molecule has 4 aromatic rings. The topological polar surface area (TPSA) is 3.24 Å². The normalized spacial score (nSPS) is 16.4. The Morgan fingerprint density at radius 1 is 0.586 bits per heavy atom. The molecule has 2 heterocycles. The van der Waals surface area contributed by atoms with Gasteiger partial charge in [-0.15, -0.1) is 0 Å². The van der Waals surface area contributed by atoms with Gasteiger partial charge in [-0.05, 0) is 76.6 Å². The van der Waals surface area contributed by atoms with Crippen molar-refractivity contribution in [3.8, 4) is 22.3 Å². The minimum absolute atomic E-state index is 0.560. The third-order valence-electron chi connectivity index (χ3n) is 6.24. The molecule has 4 aromatic carbocycles. The van der Waals surface area contributed by atoms with Gasteiger partial charge in [0.05, 0.1) is 0 Å². The Morgan fingerprint density at radius 2 is 1.14 bits per heavy atom. The summed E-state index contributed by atoms with van der Waals surface area (Å²) in [6, 6.07) is 33.7. The number of nitrogens with zero attached hydrogens (tertiary/aromatic N) is 1. The maximum Gasteiger partial charge on any atom is 0.0447 e. The maximum absolute atomic E-state index is 3.61. The highest BCUT2D eigenvalue weighted by molar-refractivity contribution is 9.10. The third kappa shape index (κ3) is 2.82. The second-order valence-corrected chi connectivity index (χ2v) is 8.91. The lowest BCUT2D eigenvalue weighted by Gasteiger charge is -2.20. The molecule has 0 amide bonds. The first kappa shape index (κ1) is 17.1. The van der Waals surface area contributed by atoms with E-state index >= 15 is 0 Å². The summed E-state index contributed by atoms with van der Waals surface area (Å²) in [6.45, 7) is 0. The van der Waals surface area contributed by atoms with Crippen LogP contribution in [-0.2, 0) is 12.8 Å². The summed E-state index contributed by atoms with van der Waals surface area (Å²) < 4.78 is 1.17. The molecule has 2 aliphatic rings. The predicted octanol–water partition coefficient (Wildman–Crippen LogP) is 7.40. The first-order valence-electron chi connectivity index (χ1n) is 10.1. The maximum atomic E-state index is 3.61.